The number of Topliss-reactive ketones (excluding diaryl/α,β-unsaturated/α-hetero) is 1. The smallest absolute Gasteiger partial charge is 0.362 e. The van der Waals surface area contributed by atoms with E-state index in [1.807, 2.05) is 0 Å². The Morgan fingerprint density at radius 3 is 2.39 bits per heavy atom. The molecule has 5 heteroatoms. The van der Waals surface area contributed by atoms with Crippen molar-refractivity contribution >= 4 is 11.5 Å². The first-order chi connectivity index (χ1) is 8.35. The second-order valence-electron chi connectivity index (χ2n) is 4.11. The lowest BCUT2D eigenvalue weighted by molar-refractivity contribution is -0.119. The second-order valence-corrected chi connectivity index (χ2v) is 4.11. The molecule has 0 radical (unpaired) electrons. The molecule has 0 amide bonds. The van der Waals surface area contributed by atoms with Gasteiger partial charge in [-0.1, -0.05) is 19.1 Å². The number of rotatable bonds is 5. The molecular weight excluding hydrogens is 243 g/mol. The van der Waals surface area contributed by atoms with Crippen molar-refractivity contribution in [2.75, 3.05) is 18.0 Å². The number of hydrogen-bond acceptors (Lipinski definition) is 2. The minimum Gasteiger partial charge on any atom is -0.362 e. The van der Waals surface area contributed by atoms with E-state index in [2.05, 4.69) is 0 Å². The number of ketones is 1. The van der Waals surface area contributed by atoms with Gasteiger partial charge in [0, 0.05) is 17.8 Å². The number of para-hydroxylation sites is 1. The van der Waals surface area contributed by atoms with Crippen molar-refractivity contribution in [3.8, 4) is 0 Å². The minimum absolute atomic E-state index is 0.228. The maximum absolute atomic E-state index is 12.5. The number of nitrogens with zero attached hydrogens (tertiary/aromatic N) is 1. The van der Waals surface area contributed by atoms with Crippen molar-refractivity contribution in [3.05, 3.63) is 29.8 Å². The molecule has 2 nitrogen and oxygen atoms in total. The summed E-state index contributed by atoms with van der Waals surface area (Å²) in [7, 11) is 0. The quantitative estimate of drug-likeness (QED) is 0.752. The van der Waals surface area contributed by atoms with Crippen molar-refractivity contribution in [1.82, 2.24) is 0 Å². The Hall–Kier alpha value is -1.52. The summed E-state index contributed by atoms with van der Waals surface area (Å²) in [5.74, 6) is -0.228. The largest absolute Gasteiger partial charge is 0.405 e. The molecule has 0 N–H and O–H groups in total. The van der Waals surface area contributed by atoms with E-state index >= 15 is 0 Å². The summed E-state index contributed by atoms with van der Waals surface area (Å²) >= 11 is 0. The van der Waals surface area contributed by atoms with Gasteiger partial charge in [-0.05, 0) is 25.5 Å². The van der Waals surface area contributed by atoms with Crippen LogP contribution in [-0.2, 0) is 0 Å². The molecule has 1 rings (SSSR count). The summed E-state index contributed by atoms with van der Waals surface area (Å²) in [6.07, 6.45) is -3.69. The van der Waals surface area contributed by atoms with Gasteiger partial charge < -0.3 is 4.90 Å². The van der Waals surface area contributed by atoms with E-state index in [0.29, 0.717) is 17.7 Å². The highest BCUT2D eigenvalue weighted by Crippen LogP contribution is 2.25. The summed E-state index contributed by atoms with van der Waals surface area (Å²) in [4.78, 5) is 12.6. The third kappa shape index (κ3) is 4.05. The zero-order valence-electron chi connectivity index (χ0n) is 10.4. The van der Waals surface area contributed by atoms with E-state index in [1.165, 1.54) is 11.8 Å². The predicted octanol–water partition coefficient (Wildman–Crippen LogP) is 3.67. The van der Waals surface area contributed by atoms with Crippen LogP contribution in [0.4, 0.5) is 18.9 Å². The van der Waals surface area contributed by atoms with Gasteiger partial charge in [-0.2, -0.15) is 13.2 Å². The van der Waals surface area contributed by atoms with Crippen molar-refractivity contribution < 1.29 is 18.0 Å². The number of halogens is 3. The standard InChI is InChI=1S/C13H16F3NO/c1-3-8-17(9-13(14,15)16)12-7-5-4-6-11(12)10(2)18/h4-7H,3,8-9H2,1-2H3. The SMILES string of the molecule is CCCN(CC(F)(F)F)c1ccccc1C(C)=O. The molecule has 0 aliphatic carbocycles. The van der Waals surface area contributed by atoms with Crippen LogP contribution in [0.25, 0.3) is 0 Å². The van der Waals surface area contributed by atoms with Gasteiger partial charge in [0.1, 0.15) is 6.54 Å². The van der Waals surface area contributed by atoms with Crippen LogP contribution in [0.1, 0.15) is 30.6 Å². The highest BCUT2D eigenvalue weighted by Gasteiger charge is 2.31. The van der Waals surface area contributed by atoms with Gasteiger partial charge in [-0.3, -0.25) is 4.79 Å². The second kappa shape index (κ2) is 5.89. The van der Waals surface area contributed by atoms with Gasteiger partial charge in [0.2, 0.25) is 0 Å². The van der Waals surface area contributed by atoms with Crippen LogP contribution in [-0.4, -0.2) is 25.0 Å². The first-order valence-electron chi connectivity index (χ1n) is 5.77. The first kappa shape index (κ1) is 14.5. The molecule has 0 saturated carbocycles. The number of carbonyl (C=O) groups is 1. The van der Waals surface area contributed by atoms with Crippen LogP contribution in [0.2, 0.25) is 0 Å². The molecule has 0 saturated heterocycles. The molecule has 0 fully saturated rings. The molecule has 100 valence electrons. The van der Waals surface area contributed by atoms with Gasteiger partial charge in [0.15, 0.2) is 5.78 Å². The Morgan fingerprint density at radius 1 is 1.28 bits per heavy atom. The average Bonchev–Trinajstić information content (AvgIpc) is 2.26. The molecule has 1 aromatic rings. The van der Waals surface area contributed by atoms with E-state index < -0.39 is 12.7 Å². The lowest BCUT2D eigenvalue weighted by atomic mass is 10.1. The number of anilines is 1. The molecule has 0 heterocycles. The Labute approximate surface area is 104 Å². The van der Waals surface area contributed by atoms with Crippen molar-refractivity contribution in [1.29, 1.82) is 0 Å². The van der Waals surface area contributed by atoms with E-state index in [4.69, 9.17) is 0 Å². The summed E-state index contributed by atoms with van der Waals surface area (Å²) in [6, 6.07) is 6.40. The summed E-state index contributed by atoms with van der Waals surface area (Å²) in [6.45, 7) is 2.39. The van der Waals surface area contributed by atoms with Crippen molar-refractivity contribution in [2.24, 2.45) is 0 Å². The Bertz CT molecular complexity index is 415. The van der Waals surface area contributed by atoms with E-state index in [-0.39, 0.29) is 12.3 Å². The zero-order chi connectivity index (χ0) is 13.8. The summed E-state index contributed by atoms with van der Waals surface area (Å²) in [5, 5.41) is 0. The van der Waals surface area contributed by atoms with E-state index in [9.17, 15) is 18.0 Å². The fourth-order valence-corrected chi connectivity index (χ4v) is 1.82. The van der Waals surface area contributed by atoms with Crippen LogP contribution in [0, 0.1) is 0 Å². The normalized spacial score (nSPS) is 11.4. The maximum atomic E-state index is 12.5. The van der Waals surface area contributed by atoms with Crippen LogP contribution >= 0.6 is 0 Å². The molecule has 0 spiro atoms. The van der Waals surface area contributed by atoms with Gasteiger partial charge in [-0.15, -0.1) is 0 Å². The highest BCUT2D eigenvalue weighted by atomic mass is 19.4. The minimum atomic E-state index is -4.28. The molecular formula is C13H16F3NO. The van der Waals surface area contributed by atoms with E-state index in [1.54, 1.807) is 31.2 Å². The predicted molar refractivity (Wildman–Crippen MR) is 65.0 cm³/mol. The number of hydrogen-bond donors (Lipinski definition) is 0. The monoisotopic (exact) mass is 259 g/mol. The summed E-state index contributed by atoms with van der Waals surface area (Å²) < 4.78 is 37.6. The van der Waals surface area contributed by atoms with Gasteiger partial charge in [0.05, 0.1) is 0 Å². The lowest BCUT2D eigenvalue weighted by Crippen LogP contribution is -2.35. The molecule has 0 aliphatic heterocycles. The highest BCUT2D eigenvalue weighted by molar-refractivity contribution is 5.99. The number of alkyl halides is 3. The van der Waals surface area contributed by atoms with Gasteiger partial charge >= 0.3 is 6.18 Å². The van der Waals surface area contributed by atoms with Gasteiger partial charge in [0.25, 0.3) is 0 Å². The lowest BCUT2D eigenvalue weighted by Gasteiger charge is -2.27. The van der Waals surface area contributed by atoms with Crippen LogP contribution < -0.4 is 4.90 Å². The third-order valence-electron chi connectivity index (χ3n) is 2.49. The van der Waals surface area contributed by atoms with Crippen LogP contribution in [0.15, 0.2) is 24.3 Å². The molecule has 1 aromatic carbocycles. The fraction of sp³-hybridized carbons (Fsp3) is 0.462. The molecule has 0 aromatic heterocycles. The number of carbonyl (C=O) groups excluding carboxylic acids is 1. The average molecular weight is 259 g/mol. The maximum Gasteiger partial charge on any atom is 0.405 e. The Morgan fingerprint density at radius 2 is 1.89 bits per heavy atom. The van der Waals surface area contributed by atoms with Crippen molar-refractivity contribution in [3.63, 3.8) is 0 Å². The fourth-order valence-electron chi connectivity index (χ4n) is 1.82. The van der Waals surface area contributed by atoms with Crippen LogP contribution in [0.3, 0.4) is 0 Å². The number of benzene rings is 1. The zero-order valence-corrected chi connectivity index (χ0v) is 10.4. The topological polar surface area (TPSA) is 20.3 Å². The Balaban J connectivity index is 3.09. The first-order valence-corrected chi connectivity index (χ1v) is 5.77. The molecule has 0 bridgehead atoms. The summed E-state index contributed by atoms with van der Waals surface area (Å²) in [5.41, 5.74) is 0.680. The van der Waals surface area contributed by atoms with E-state index in [0.717, 1.165) is 0 Å². The molecule has 18 heavy (non-hydrogen) atoms. The Kier molecular flexibility index (Phi) is 4.76. The van der Waals surface area contributed by atoms with Crippen molar-refractivity contribution in [2.45, 2.75) is 26.4 Å². The third-order valence-corrected chi connectivity index (χ3v) is 2.49. The molecule has 0 unspecified atom stereocenters. The molecule has 0 atom stereocenters. The van der Waals surface area contributed by atoms with Crippen LogP contribution in [0.5, 0.6) is 0 Å². The van der Waals surface area contributed by atoms with Gasteiger partial charge in [-0.25, -0.2) is 0 Å². The molecule has 0 aliphatic rings.